The van der Waals surface area contributed by atoms with Crippen LogP contribution in [-0.2, 0) is 54.6 Å². The van der Waals surface area contributed by atoms with Gasteiger partial charge in [-0.2, -0.15) is 0 Å². The standard InChI is InChI=1S/C38H37Br2I2N3O9/c1-21(53-19-22-9-5-3-6-10-22)32(36(49)43-31(37(50)52-2)18-24-13-26(39)33(46)27(40)14-24)45-35(48)30(17-25-15-28(41)34(47)29(42)16-25)44-38(51)54-20-23-11-7-4-8-12-23/h3-16,21,30-32,46-47H,17-20H2,1-2H3,(H,43,49)(H,44,51)(H,45,48)/t21-,30-,31-,32+/m0/s1. The first-order valence-corrected chi connectivity index (χ1v) is 20.1. The van der Waals surface area contributed by atoms with Crippen LogP contribution in [0.25, 0.3) is 0 Å². The van der Waals surface area contributed by atoms with E-state index in [2.05, 4.69) is 47.8 Å². The van der Waals surface area contributed by atoms with Gasteiger partial charge in [0.2, 0.25) is 11.8 Å². The number of rotatable bonds is 16. The van der Waals surface area contributed by atoms with Gasteiger partial charge < -0.3 is 40.4 Å². The van der Waals surface area contributed by atoms with Crippen molar-refractivity contribution in [1.29, 1.82) is 0 Å². The highest BCUT2D eigenvalue weighted by Gasteiger charge is 2.34. The molecule has 0 aliphatic heterocycles. The van der Waals surface area contributed by atoms with Crippen LogP contribution < -0.4 is 16.0 Å². The summed E-state index contributed by atoms with van der Waals surface area (Å²) in [5, 5.41) is 28.6. The number of hydrogen-bond donors (Lipinski definition) is 5. The molecule has 16 heteroatoms. The molecule has 4 aromatic rings. The number of alkyl carbamates (subject to hydrolysis) is 1. The first-order chi connectivity index (χ1) is 25.7. The number of nitrogens with one attached hydrogen (secondary N) is 3. The smallest absolute Gasteiger partial charge is 0.408 e. The molecule has 0 unspecified atom stereocenters. The second-order valence-corrected chi connectivity index (χ2v) is 16.1. The van der Waals surface area contributed by atoms with E-state index in [-0.39, 0.29) is 37.6 Å². The van der Waals surface area contributed by atoms with Gasteiger partial charge in [-0.3, -0.25) is 9.59 Å². The van der Waals surface area contributed by atoms with E-state index in [9.17, 15) is 29.4 Å². The summed E-state index contributed by atoms with van der Waals surface area (Å²) in [6.07, 6.45) is -1.86. The first-order valence-electron chi connectivity index (χ1n) is 16.4. The molecule has 4 aromatic carbocycles. The monoisotopic (exact) mass is 1090 g/mol. The van der Waals surface area contributed by atoms with E-state index in [1.165, 1.54) is 7.11 Å². The fraction of sp³-hybridized carbons (Fsp3) is 0.263. The zero-order chi connectivity index (χ0) is 39.4. The van der Waals surface area contributed by atoms with Crippen molar-refractivity contribution in [3.8, 4) is 11.5 Å². The maximum atomic E-state index is 14.2. The quantitative estimate of drug-likeness (QED) is 0.0608. The molecule has 4 rings (SSSR count). The number of methoxy groups -OCH3 is 1. The van der Waals surface area contributed by atoms with Crippen LogP contribution in [0.3, 0.4) is 0 Å². The summed E-state index contributed by atoms with van der Waals surface area (Å²) in [6.45, 7) is 1.67. The molecular formula is C38H37Br2I2N3O9. The molecule has 0 heterocycles. The summed E-state index contributed by atoms with van der Waals surface area (Å²) in [5.41, 5.74) is 2.76. The molecule has 286 valence electrons. The number of carbonyl (C=O) groups excluding carboxylic acids is 4. The molecule has 0 bridgehead atoms. The van der Waals surface area contributed by atoms with Crippen LogP contribution in [0.1, 0.15) is 29.2 Å². The molecule has 4 atom stereocenters. The van der Waals surface area contributed by atoms with Crippen molar-refractivity contribution in [2.75, 3.05) is 7.11 Å². The number of esters is 1. The van der Waals surface area contributed by atoms with Crippen molar-refractivity contribution in [2.45, 2.75) is 57.2 Å². The highest BCUT2D eigenvalue weighted by atomic mass is 127. The molecule has 0 spiro atoms. The third kappa shape index (κ3) is 12.8. The number of aromatic hydroxyl groups is 2. The number of ether oxygens (including phenoxy) is 3. The molecular weight excluding hydrogens is 1060 g/mol. The second kappa shape index (κ2) is 21.0. The van der Waals surface area contributed by atoms with E-state index in [0.717, 1.165) is 11.1 Å². The van der Waals surface area contributed by atoms with Crippen LogP contribution in [0.4, 0.5) is 4.79 Å². The maximum absolute atomic E-state index is 14.2. The van der Waals surface area contributed by atoms with Crippen molar-refractivity contribution in [2.24, 2.45) is 0 Å². The average Bonchev–Trinajstić information content (AvgIpc) is 3.16. The largest absolute Gasteiger partial charge is 0.506 e. The topological polar surface area (TPSA) is 173 Å². The Morgan fingerprint density at radius 2 is 1.20 bits per heavy atom. The minimum atomic E-state index is -1.36. The predicted octanol–water partition coefficient (Wildman–Crippen LogP) is 6.66. The third-order valence-electron chi connectivity index (χ3n) is 8.06. The van der Waals surface area contributed by atoms with Gasteiger partial charge in [-0.05, 0) is 130 Å². The molecule has 5 N–H and O–H groups in total. The van der Waals surface area contributed by atoms with Gasteiger partial charge >= 0.3 is 12.1 Å². The van der Waals surface area contributed by atoms with E-state index in [4.69, 9.17) is 14.2 Å². The zero-order valence-corrected chi connectivity index (χ0v) is 36.5. The van der Waals surface area contributed by atoms with Crippen molar-refractivity contribution in [1.82, 2.24) is 16.0 Å². The molecule has 0 aliphatic carbocycles. The maximum Gasteiger partial charge on any atom is 0.408 e. The molecule has 0 aliphatic rings. The minimum absolute atomic E-state index is 0.0224. The Balaban J connectivity index is 1.62. The van der Waals surface area contributed by atoms with Crippen molar-refractivity contribution < 1.29 is 43.6 Å². The molecule has 12 nitrogen and oxygen atoms in total. The Kier molecular flexibility index (Phi) is 16.8. The minimum Gasteiger partial charge on any atom is -0.506 e. The van der Waals surface area contributed by atoms with E-state index >= 15 is 0 Å². The Hall–Kier alpha value is -3.46. The normalized spacial score (nSPS) is 13.1. The summed E-state index contributed by atoms with van der Waals surface area (Å²) in [6, 6.07) is 21.0. The summed E-state index contributed by atoms with van der Waals surface area (Å²) in [4.78, 5) is 54.3. The van der Waals surface area contributed by atoms with E-state index in [0.29, 0.717) is 27.2 Å². The number of phenols is 2. The number of benzene rings is 4. The van der Waals surface area contributed by atoms with Gasteiger partial charge in [0, 0.05) is 12.8 Å². The molecule has 0 fully saturated rings. The summed E-state index contributed by atoms with van der Waals surface area (Å²) < 4.78 is 18.3. The van der Waals surface area contributed by atoms with Crippen LogP contribution in [0, 0.1) is 7.14 Å². The lowest BCUT2D eigenvalue weighted by Gasteiger charge is -2.28. The fourth-order valence-corrected chi connectivity index (χ4v) is 8.38. The first kappa shape index (κ1) is 43.3. The molecule has 0 saturated carbocycles. The Morgan fingerprint density at radius 1 is 0.685 bits per heavy atom. The Morgan fingerprint density at radius 3 is 1.76 bits per heavy atom. The van der Waals surface area contributed by atoms with E-state index in [1.54, 1.807) is 55.5 Å². The van der Waals surface area contributed by atoms with E-state index in [1.807, 2.05) is 81.6 Å². The van der Waals surface area contributed by atoms with Gasteiger partial charge in [0.25, 0.3) is 0 Å². The molecule has 0 radical (unpaired) electrons. The number of amides is 3. The SMILES string of the molecule is COC(=O)[C@H](Cc1cc(Br)c(O)c(Br)c1)NC(=O)[C@H](NC(=O)[C@H](Cc1cc(I)c(O)c(I)c1)NC(=O)OCc1ccccc1)[C@H](C)OCc1ccccc1. The van der Waals surface area contributed by atoms with Gasteiger partial charge in [0.1, 0.15) is 36.2 Å². The van der Waals surface area contributed by atoms with E-state index < -0.39 is 48.1 Å². The summed E-state index contributed by atoms with van der Waals surface area (Å²) in [5.74, 6) is -2.18. The molecule has 3 amide bonds. The van der Waals surface area contributed by atoms with Crippen molar-refractivity contribution in [3.63, 3.8) is 0 Å². The van der Waals surface area contributed by atoms with Crippen LogP contribution in [0.15, 0.2) is 93.9 Å². The zero-order valence-electron chi connectivity index (χ0n) is 29.0. The number of phenolic OH excluding ortho intramolecular Hbond substituents is 2. The highest BCUT2D eigenvalue weighted by molar-refractivity contribution is 14.1. The third-order valence-corrected chi connectivity index (χ3v) is 10.9. The Bertz CT molecular complexity index is 1890. The number of hydrogen-bond acceptors (Lipinski definition) is 9. The predicted molar refractivity (Wildman–Crippen MR) is 225 cm³/mol. The van der Waals surface area contributed by atoms with Crippen molar-refractivity contribution in [3.05, 3.63) is 123 Å². The number of carbonyl (C=O) groups is 4. The van der Waals surface area contributed by atoms with Gasteiger partial charge in [0.05, 0.1) is 35.9 Å². The number of halogens is 4. The van der Waals surface area contributed by atoms with Gasteiger partial charge in [-0.1, -0.05) is 60.7 Å². The van der Waals surface area contributed by atoms with Gasteiger partial charge in [-0.15, -0.1) is 0 Å². The molecule has 54 heavy (non-hydrogen) atoms. The fourth-order valence-electron chi connectivity index (χ4n) is 5.20. The van der Waals surface area contributed by atoms with Crippen LogP contribution in [0.2, 0.25) is 0 Å². The second-order valence-electron chi connectivity index (χ2n) is 12.1. The Labute approximate surface area is 356 Å². The summed E-state index contributed by atoms with van der Waals surface area (Å²) in [7, 11) is 1.19. The van der Waals surface area contributed by atoms with Crippen LogP contribution in [0.5, 0.6) is 11.5 Å². The van der Waals surface area contributed by atoms with Crippen molar-refractivity contribution >= 4 is 101 Å². The van der Waals surface area contributed by atoms with Crippen LogP contribution >= 0.6 is 77.0 Å². The lowest BCUT2D eigenvalue weighted by Crippen LogP contribution is -2.60. The average molecular weight is 1090 g/mol. The van der Waals surface area contributed by atoms with Crippen LogP contribution in [-0.4, -0.2) is 65.4 Å². The van der Waals surface area contributed by atoms with Gasteiger partial charge in [0.15, 0.2) is 0 Å². The molecule has 0 aromatic heterocycles. The lowest BCUT2D eigenvalue weighted by molar-refractivity contribution is -0.146. The van der Waals surface area contributed by atoms with Gasteiger partial charge in [-0.25, -0.2) is 9.59 Å². The highest BCUT2D eigenvalue weighted by Crippen LogP contribution is 2.34. The summed E-state index contributed by atoms with van der Waals surface area (Å²) >= 11 is 10.5. The molecule has 0 saturated heterocycles. The lowest BCUT2D eigenvalue weighted by atomic mass is 10.0.